The quantitative estimate of drug-likeness (QED) is 0.794. The summed E-state index contributed by atoms with van der Waals surface area (Å²) in [5, 5.41) is 15.1. The van der Waals surface area contributed by atoms with Crippen molar-refractivity contribution in [3.8, 4) is 0 Å². The standard InChI is InChI=1S/C14H16N4S/c1-10(14-17-16-9-18(14)2)15-7-11-8-19-13-6-4-3-5-12(11)13/h3-6,8-10,15H,7H2,1-2H3. The molecule has 0 fully saturated rings. The SMILES string of the molecule is CC(NCc1csc2ccccc12)c1nncn1C. The van der Waals surface area contributed by atoms with Crippen LogP contribution in [0.5, 0.6) is 0 Å². The zero-order valence-corrected chi connectivity index (χ0v) is 11.8. The van der Waals surface area contributed by atoms with Crippen molar-refractivity contribution in [2.75, 3.05) is 0 Å². The van der Waals surface area contributed by atoms with E-state index in [1.165, 1.54) is 15.6 Å². The van der Waals surface area contributed by atoms with Crippen LogP contribution in [0.25, 0.3) is 10.1 Å². The van der Waals surface area contributed by atoms with Crippen LogP contribution in [-0.2, 0) is 13.6 Å². The third-order valence-corrected chi connectivity index (χ3v) is 4.31. The topological polar surface area (TPSA) is 42.7 Å². The van der Waals surface area contributed by atoms with E-state index in [4.69, 9.17) is 0 Å². The summed E-state index contributed by atoms with van der Waals surface area (Å²) in [6.07, 6.45) is 1.73. The molecule has 0 saturated heterocycles. The zero-order valence-electron chi connectivity index (χ0n) is 11.0. The number of hydrogen-bond acceptors (Lipinski definition) is 4. The number of aromatic nitrogens is 3. The fourth-order valence-electron chi connectivity index (χ4n) is 2.21. The molecule has 1 unspecified atom stereocenters. The summed E-state index contributed by atoms with van der Waals surface area (Å²) in [6, 6.07) is 8.69. The van der Waals surface area contributed by atoms with E-state index in [0.717, 1.165) is 12.4 Å². The van der Waals surface area contributed by atoms with E-state index >= 15 is 0 Å². The summed E-state index contributed by atoms with van der Waals surface area (Å²) in [5.41, 5.74) is 1.34. The Kier molecular flexibility index (Phi) is 3.31. The molecule has 3 rings (SSSR count). The first-order valence-electron chi connectivity index (χ1n) is 6.28. The lowest BCUT2D eigenvalue weighted by atomic mass is 10.1. The maximum atomic E-state index is 4.13. The average molecular weight is 272 g/mol. The lowest BCUT2D eigenvalue weighted by Gasteiger charge is -2.12. The Bertz CT molecular complexity index is 685. The minimum atomic E-state index is 0.186. The van der Waals surface area contributed by atoms with Crippen molar-refractivity contribution in [3.05, 3.63) is 47.4 Å². The fraction of sp³-hybridized carbons (Fsp3) is 0.286. The van der Waals surface area contributed by atoms with E-state index in [-0.39, 0.29) is 6.04 Å². The van der Waals surface area contributed by atoms with Gasteiger partial charge in [-0.05, 0) is 29.3 Å². The van der Waals surface area contributed by atoms with Gasteiger partial charge in [0.25, 0.3) is 0 Å². The van der Waals surface area contributed by atoms with Gasteiger partial charge in [0.05, 0.1) is 6.04 Å². The summed E-state index contributed by atoms with van der Waals surface area (Å²) in [5.74, 6) is 0.958. The van der Waals surface area contributed by atoms with Crippen LogP contribution in [-0.4, -0.2) is 14.8 Å². The third kappa shape index (κ3) is 2.39. The van der Waals surface area contributed by atoms with Gasteiger partial charge in [0.2, 0.25) is 0 Å². The summed E-state index contributed by atoms with van der Waals surface area (Å²) in [4.78, 5) is 0. The molecule has 3 aromatic rings. The average Bonchev–Trinajstić information content (AvgIpc) is 3.02. The number of rotatable bonds is 4. The molecule has 2 heterocycles. The molecule has 0 saturated carbocycles. The van der Waals surface area contributed by atoms with E-state index in [1.807, 2.05) is 11.6 Å². The van der Waals surface area contributed by atoms with E-state index in [0.29, 0.717) is 0 Å². The maximum Gasteiger partial charge on any atom is 0.149 e. The van der Waals surface area contributed by atoms with Crippen molar-refractivity contribution in [1.29, 1.82) is 0 Å². The van der Waals surface area contributed by atoms with Crippen LogP contribution < -0.4 is 5.32 Å². The van der Waals surface area contributed by atoms with Crippen LogP contribution in [0.2, 0.25) is 0 Å². The fourth-order valence-corrected chi connectivity index (χ4v) is 3.17. The minimum absolute atomic E-state index is 0.186. The highest BCUT2D eigenvalue weighted by Crippen LogP contribution is 2.25. The Hall–Kier alpha value is -1.72. The Morgan fingerprint density at radius 3 is 3.00 bits per heavy atom. The molecule has 1 atom stereocenters. The number of aryl methyl sites for hydroxylation is 1. The Balaban J connectivity index is 1.74. The van der Waals surface area contributed by atoms with Crippen LogP contribution in [0, 0.1) is 0 Å². The second-order valence-electron chi connectivity index (χ2n) is 4.66. The monoisotopic (exact) mass is 272 g/mol. The molecule has 19 heavy (non-hydrogen) atoms. The molecule has 0 spiro atoms. The predicted molar refractivity (Wildman–Crippen MR) is 78.1 cm³/mol. The maximum absolute atomic E-state index is 4.13. The van der Waals surface area contributed by atoms with Crippen LogP contribution in [0.15, 0.2) is 36.0 Å². The predicted octanol–water partition coefficient (Wildman–Crippen LogP) is 2.88. The van der Waals surface area contributed by atoms with Gasteiger partial charge < -0.3 is 9.88 Å². The molecular formula is C14H16N4S. The minimum Gasteiger partial charge on any atom is -0.319 e. The summed E-state index contributed by atoms with van der Waals surface area (Å²) >= 11 is 1.79. The smallest absolute Gasteiger partial charge is 0.149 e. The Labute approximate surface area is 116 Å². The van der Waals surface area contributed by atoms with Crippen LogP contribution in [0.3, 0.4) is 0 Å². The van der Waals surface area contributed by atoms with Crippen molar-refractivity contribution in [2.24, 2.45) is 7.05 Å². The summed E-state index contributed by atoms with van der Waals surface area (Å²) in [6.45, 7) is 2.95. The van der Waals surface area contributed by atoms with Crippen molar-refractivity contribution in [1.82, 2.24) is 20.1 Å². The van der Waals surface area contributed by atoms with Crippen molar-refractivity contribution in [2.45, 2.75) is 19.5 Å². The molecule has 1 aromatic carbocycles. The zero-order chi connectivity index (χ0) is 13.2. The first kappa shape index (κ1) is 12.3. The molecule has 0 radical (unpaired) electrons. The van der Waals surface area contributed by atoms with Gasteiger partial charge in [-0.3, -0.25) is 0 Å². The number of nitrogens with zero attached hydrogens (tertiary/aromatic N) is 3. The lowest BCUT2D eigenvalue weighted by Crippen LogP contribution is -2.20. The second-order valence-corrected chi connectivity index (χ2v) is 5.57. The molecular weight excluding hydrogens is 256 g/mol. The third-order valence-electron chi connectivity index (χ3n) is 3.29. The van der Waals surface area contributed by atoms with E-state index in [2.05, 4.69) is 52.1 Å². The number of nitrogens with one attached hydrogen (secondary N) is 1. The number of thiophene rings is 1. The van der Waals surface area contributed by atoms with Crippen LogP contribution >= 0.6 is 11.3 Å². The largest absolute Gasteiger partial charge is 0.319 e. The molecule has 98 valence electrons. The van der Waals surface area contributed by atoms with Crippen LogP contribution in [0.4, 0.5) is 0 Å². The van der Waals surface area contributed by atoms with Gasteiger partial charge >= 0.3 is 0 Å². The van der Waals surface area contributed by atoms with Gasteiger partial charge in [-0.2, -0.15) is 0 Å². The first-order chi connectivity index (χ1) is 9.25. The van der Waals surface area contributed by atoms with Gasteiger partial charge in [-0.15, -0.1) is 21.5 Å². The van der Waals surface area contributed by atoms with Crippen molar-refractivity contribution in [3.63, 3.8) is 0 Å². The molecule has 4 nitrogen and oxygen atoms in total. The number of benzene rings is 1. The molecule has 2 aromatic heterocycles. The van der Waals surface area contributed by atoms with Crippen molar-refractivity contribution < 1.29 is 0 Å². The Morgan fingerprint density at radius 2 is 2.21 bits per heavy atom. The highest BCUT2D eigenvalue weighted by atomic mass is 32.1. The molecule has 0 aliphatic heterocycles. The molecule has 0 amide bonds. The summed E-state index contributed by atoms with van der Waals surface area (Å²) in [7, 11) is 1.97. The highest BCUT2D eigenvalue weighted by Gasteiger charge is 2.11. The highest BCUT2D eigenvalue weighted by molar-refractivity contribution is 7.17. The van der Waals surface area contributed by atoms with Gasteiger partial charge in [0.1, 0.15) is 12.2 Å². The molecule has 0 aliphatic rings. The summed E-state index contributed by atoms with van der Waals surface area (Å²) < 4.78 is 3.29. The van der Waals surface area contributed by atoms with E-state index in [9.17, 15) is 0 Å². The number of hydrogen-bond donors (Lipinski definition) is 1. The van der Waals surface area contributed by atoms with Gasteiger partial charge in [0, 0.05) is 18.3 Å². The Morgan fingerprint density at radius 1 is 1.37 bits per heavy atom. The molecule has 5 heteroatoms. The van der Waals surface area contributed by atoms with E-state index < -0.39 is 0 Å². The van der Waals surface area contributed by atoms with E-state index in [1.54, 1.807) is 17.7 Å². The van der Waals surface area contributed by atoms with Crippen LogP contribution in [0.1, 0.15) is 24.4 Å². The van der Waals surface area contributed by atoms with Crippen molar-refractivity contribution >= 4 is 21.4 Å². The number of fused-ring (bicyclic) bond motifs is 1. The second kappa shape index (κ2) is 5.11. The first-order valence-corrected chi connectivity index (χ1v) is 7.16. The molecule has 1 N–H and O–H groups in total. The van der Waals surface area contributed by atoms with Gasteiger partial charge in [-0.1, -0.05) is 18.2 Å². The molecule has 0 bridgehead atoms. The van der Waals surface area contributed by atoms with Gasteiger partial charge in [-0.25, -0.2) is 0 Å². The van der Waals surface area contributed by atoms with Gasteiger partial charge in [0.15, 0.2) is 0 Å². The normalized spacial score (nSPS) is 12.9. The molecule has 0 aliphatic carbocycles. The lowest BCUT2D eigenvalue weighted by molar-refractivity contribution is 0.530.